The first-order valence-corrected chi connectivity index (χ1v) is 5.86. The smallest absolute Gasteiger partial charge is 0.372 e. The summed E-state index contributed by atoms with van der Waals surface area (Å²) in [6.07, 6.45) is -0.936. The topological polar surface area (TPSA) is 37.8 Å². The lowest BCUT2D eigenvalue weighted by Crippen LogP contribution is -2.03. The summed E-state index contributed by atoms with van der Waals surface area (Å²) >= 11 is 0. The molecule has 20 heavy (non-hydrogen) atoms. The van der Waals surface area contributed by atoms with Crippen molar-refractivity contribution in [2.75, 3.05) is 12.4 Å². The molecule has 2 rings (SSSR count). The van der Waals surface area contributed by atoms with Crippen LogP contribution in [-0.2, 0) is 6.18 Å². The van der Waals surface area contributed by atoms with Gasteiger partial charge in [0.1, 0.15) is 5.82 Å². The van der Waals surface area contributed by atoms with Gasteiger partial charge in [-0.1, -0.05) is 18.2 Å². The second-order valence-electron chi connectivity index (χ2n) is 4.05. The molecule has 0 aliphatic rings. The van der Waals surface area contributed by atoms with Crippen LogP contribution in [0.15, 0.2) is 36.4 Å². The van der Waals surface area contributed by atoms with Crippen LogP contribution < -0.4 is 5.32 Å². The van der Waals surface area contributed by atoms with Crippen molar-refractivity contribution >= 4 is 18.0 Å². The van der Waals surface area contributed by atoms with Gasteiger partial charge in [-0.05, 0) is 35.9 Å². The predicted molar refractivity (Wildman–Crippen MR) is 72.0 cm³/mol. The van der Waals surface area contributed by atoms with E-state index in [1.165, 1.54) is 12.1 Å². The molecule has 104 valence electrons. The highest BCUT2D eigenvalue weighted by molar-refractivity contribution is 5.68. The van der Waals surface area contributed by atoms with Crippen LogP contribution in [0.1, 0.15) is 16.8 Å². The number of rotatable bonds is 3. The predicted octanol–water partition coefficient (Wildman–Crippen LogP) is 3.71. The fourth-order valence-corrected chi connectivity index (χ4v) is 1.53. The maximum atomic E-state index is 12.4. The molecule has 0 saturated heterocycles. The van der Waals surface area contributed by atoms with Gasteiger partial charge in [0.15, 0.2) is 0 Å². The van der Waals surface area contributed by atoms with E-state index in [1.54, 1.807) is 31.3 Å². The Hall–Kier alpha value is -2.37. The van der Waals surface area contributed by atoms with Gasteiger partial charge in [-0.3, -0.25) is 0 Å². The van der Waals surface area contributed by atoms with Crippen LogP contribution in [0, 0.1) is 0 Å². The molecule has 3 nitrogen and oxygen atoms in total. The monoisotopic (exact) mass is 279 g/mol. The number of alkyl halides is 3. The molecule has 0 radical (unpaired) electrons. The number of halogens is 3. The standard InChI is InChI=1S/C14H12F3N3/c1-18-13-9-8-12(19-20-13)7-4-10-2-5-11(6-3-10)14(15,16)17/h2-9H,1H3,(H,18,20). The SMILES string of the molecule is CNc1ccc(C=Cc2ccc(C(F)(F)F)cc2)nn1. The van der Waals surface area contributed by atoms with Gasteiger partial charge in [0, 0.05) is 7.05 Å². The Morgan fingerprint density at radius 2 is 1.65 bits per heavy atom. The maximum absolute atomic E-state index is 12.4. The minimum absolute atomic E-state index is 0.629. The molecule has 0 amide bonds. The quantitative estimate of drug-likeness (QED) is 0.930. The van der Waals surface area contributed by atoms with Crippen LogP contribution in [0.3, 0.4) is 0 Å². The van der Waals surface area contributed by atoms with E-state index in [4.69, 9.17) is 0 Å². The lowest BCUT2D eigenvalue weighted by Gasteiger charge is -2.05. The van der Waals surface area contributed by atoms with Gasteiger partial charge < -0.3 is 5.32 Å². The number of aromatic nitrogens is 2. The van der Waals surface area contributed by atoms with Crippen LogP contribution in [0.4, 0.5) is 19.0 Å². The highest BCUT2D eigenvalue weighted by Gasteiger charge is 2.29. The van der Waals surface area contributed by atoms with Crippen LogP contribution in [0.25, 0.3) is 12.2 Å². The third-order valence-corrected chi connectivity index (χ3v) is 2.63. The lowest BCUT2D eigenvalue weighted by atomic mass is 10.1. The summed E-state index contributed by atoms with van der Waals surface area (Å²) in [5.41, 5.74) is 0.634. The number of nitrogens with zero attached hydrogens (tertiary/aromatic N) is 2. The highest BCUT2D eigenvalue weighted by Crippen LogP contribution is 2.29. The third-order valence-electron chi connectivity index (χ3n) is 2.63. The second-order valence-corrected chi connectivity index (χ2v) is 4.05. The first kappa shape index (κ1) is 14.0. The average molecular weight is 279 g/mol. The van der Waals surface area contributed by atoms with Crippen molar-refractivity contribution in [3.63, 3.8) is 0 Å². The van der Waals surface area contributed by atoms with Crippen molar-refractivity contribution in [3.05, 3.63) is 53.2 Å². The van der Waals surface area contributed by atoms with E-state index in [0.29, 0.717) is 17.1 Å². The number of hydrogen-bond donors (Lipinski definition) is 1. The van der Waals surface area contributed by atoms with E-state index >= 15 is 0 Å². The van der Waals surface area contributed by atoms with Gasteiger partial charge in [0.25, 0.3) is 0 Å². The van der Waals surface area contributed by atoms with Gasteiger partial charge in [-0.2, -0.15) is 13.2 Å². The Balaban J connectivity index is 2.10. The molecule has 0 aliphatic carbocycles. The fraction of sp³-hybridized carbons (Fsp3) is 0.143. The Bertz CT molecular complexity index is 587. The van der Waals surface area contributed by atoms with E-state index in [1.807, 2.05) is 0 Å². The lowest BCUT2D eigenvalue weighted by molar-refractivity contribution is -0.137. The van der Waals surface area contributed by atoms with Crippen LogP contribution in [0.2, 0.25) is 0 Å². The Morgan fingerprint density at radius 1 is 0.950 bits per heavy atom. The molecular formula is C14H12F3N3. The van der Waals surface area contributed by atoms with Crippen molar-refractivity contribution in [1.82, 2.24) is 10.2 Å². The number of hydrogen-bond acceptors (Lipinski definition) is 3. The Morgan fingerprint density at radius 3 is 2.15 bits per heavy atom. The molecule has 0 fully saturated rings. The number of nitrogens with one attached hydrogen (secondary N) is 1. The molecule has 0 unspecified atom stereocenters. The van der Waals surface area contributed by atoms with Crippen molar-refractivity contribution in [1.29, 1.82) is 0 Å². The normalized spacial score (nSPS) is 11.8. The van der Waals surface area contributed by atoms with Crippen molar-refractivity contribution in [2.45, 2.75) is 6.18 Å². The molecule has 1 aromatic carbocycles. The fourth-order valence-electron chi connectivity index (χ4n) is 1.53. The Labute approximate surface area is 114 Å². The van der Waals surface area contributed by atoms with Crippen molar-refractivity contribution < 1.29 is 13.2 Å². The van der Waals surface area contributed by atoms with E-state index in [0.717, 1.165) is 12.1 Å². The molecule has 0 bridgehead atoms. The van der Waals surface area contributed by atoms with Crippen LogP contribution in [-0.4, -0.2) is 17.2 Å². The zero-order valence-electron chi connectivity index (χ0n) is 10.6. The number of anilines is 1. The van der Waals surface area contributed by atoms with E-state index in [2.05, 4.69) is 15.5 Å². The molecule has 1 heterocycles. The zero-order chi connectivity index (χ0) is 14.6. The minimum atomic E-state index is -4.31. The van der Waals surface area contributed by atoms with Crippen molar-refractivity contribution in [3.8, 4) is 0 Å². The molecule has 0 spiro atoms. The number of benzene rings is 1. The van der Waals surface area contributed by atoms with E-state index in [-0.39, 0.29) is 0 Å². The van der Waals surface area contributed by atoms with Gasteiger partial charge in [-0.25, -0.2) is 0 Å². The molecule has 2 aromatic rings. The summed E-state index contributed by atoms with van der Waals surface area (Å²) in [5, 5.41) is 10.7. The first-order valence-electron chi connectivity index (χ1n) is 5.86. The molecule has 6 heteroatoms. The second kappa shape index (κ2) is 5.73. The summed E-state index contributed by atoms with van der Waals surface area (Å²) in [5.74, 6) is 0.650. The molecule has 0 atom stereocenters. The molecule has 0 saturated carbocycles. The summed E-state index contributed by atoms with van der Waals surface area (Å²) in [6, 6.07) is 8.45. The molecule has 0 aliphatic heterocycles. The Kier molecular flexibility index (Phi) is 4.02. The molecular weight excluding hydrogens is 267 g/mol. The summed E-state index contributed by atoms with van der Waals surface area (Å²) in [6.45, 7) is 0. The van der Waals surface area contributed by atoms with Gasteiger partial charge in [-0.15, -0.1) is 10.2 Å². The van der Waals surface area contributed by atoms with Gasteiger partial charge in [0.2, 0.25) is 0 Å². The minimum Gasteiger partial charge on any atom is -0.372 e. The molecule has 1 N–H and O–H groups in total. The van der Waals surface area contributed by atoms with Crippen LogP contribution in [0.5, 0.6) is 0 Å². The summed E-state index contributed by atoms with van der Waals surface area (Å²) in [4.78, 5) is 0. The summed E-state index contributed by atoms with van der Waals surface area (Å²) < 4.78 is 37.2. The maximum Gasteiger partial charge on any atom is 0.416 e. The van der Waals surface area contributed by atoms with Gasteiger partial charge in [0.05, 0.1) is 11.3 Å². The van der Waals surface area contributed by atoms with Gasteiger partial charge >= 0.3 is 6.18 Å². The third kappa shape index (κ3) is 3.57. The van der Waals surface area contributed by atoms with Crippen LogP contribution >= 0.6 is 0 Å². The van der Waals surface area contributed by atoms with Crippen molar-refractivity contribution in [2.24, 2.45) is 0 Å². The zero-order valence-corrected chi connectivity index (χ0v) is 10.6. The highest BCUT2D eigenvalue weighted by atomic mass is 19.4. The van der Waals surface area contributed by atoms with E-state index in [9.17, 15) is 13.2 Å². The first-order chi connectivity index (χ1) is 9.49. The molecule has 1 aromatic heterocycles. The average Bonchev–Trinajstić information content (AvgIpc) is 2.45. The summed E-state index contributed by atoms with van der Waals surface area (Å²) in [7, 11) is 1.74. The van der Waals surface area contributed by atoms with E-state index < -0.39 is 11.7 Å². The largest absolute Gasteiger partial charge is 0.416 e.